The van der Waals surface area contributed by atoms with Crippen molar-refractivity contribution in [2.24, 2.45) is 0 Å². The van der Waals surface area contributed by atoms with Gasteiger partial charge in [-0.3, -0.25) is 4.79 Å². The first kappa shape index (κ1) is 15.8. The summed E-state index contributed by atoms with van der Waals surface area (Å²) in [5, 5.41) is 3.11. The zero-order valence-corrected chi connectivity index (χ0v) is 15.4. The second kappa shape index (κ2) is 6.36. The van der Waals surface area contributed by atoms with Gasteiger partial charge >= 0.3 is 0 Å². The third kappa shape index (κ3) is 2.56. The zero-order chi connectivity index (χ0) is 17.5. The first-order valence-electron chi connectivity index (χ1n) is 9.34. The average molecular weight is 360 g/mol. The first-order valence-corrected chi connectivity index (χ1v) is 10.2. The summed E-state index contributed by atoms with van der Waals surface area (Å²) < 4.78 is 0. The average Bonchev–Trinajstić information content (AvgIpc) is 2.98. The Morgan fingerprint density at radius 2 is 1.73 bits per heavy atom. The topological polar surface area (TPSA) is 45.8 Å². The molecule has 3 nitrogen and oxygen atoms in total. The fraction of sp³-hybridized carbons (Fsp3) is 0.273. The highest BCUT2D eigenvalue weighted by Gasteiger charge is 2.19. The first-order chi connectivity index (χ1) is 12.8. The van der Waals surface area contributed by atoms with E-state index in [4.69, 9.17) is 4.98 Å². The third-order valence-corrected chi connectivity index (χ3v) is 6.56. The maximum Gasteiger partial charge on any atom is 0.260 e. The van der Waals surface area contributed by atoms with Crippen LogP contribution in [0.5, 0.6) is 0 Å². The summed E-state index contributed by atoms with van der Waals surface area (Å²) >= 11 is 1.72. The van der Waals surface area contributed by atoms with Crippen LogP contribution in [-0.2, 0) is 12.8 Å². The minimum Gasteiger partial charge on any atom is -0.306 e. The van der Waals surface area contributed by atoms with Crippen LogP contribution in [0.15, 0.2) is 47.3 Å². The number of aromatic nitrogens is 2. The highest BCUT2D eigenvalue weighted by atomic mass is 32.1. The van der Waals surface area contributed by atoms with Gasteiger partial charge in [0, 0.05) is 10.4 Å². The highest BCUT2D eigenvalue weighted by Crippen LogP contribution is 2.34. The van der Waals surface area contributed by atoms with E-state index >= 15 is 0 Å². The summed E-state index contributed by atoms with van der Waals surface area (Å²) in [4.78, 5) is 23.2. The van der Waals surface area contributed by atoms with E-state index in [-0.39, 0.29) is 5.56 Å². The summed E-state index contributed by atoms with van der Waals surface area (Å²) in [6.45, 7) is 0. The van der Waals surface area contributed by atoms with Crippen molar-refractivity contribution >= 4 is 32.3 Å². The maximum absolute atomic E-state index is 13.0. The summed E-state index contributed by atoms with van der Waals surface area (Å²) in [6, 6.07) is 14.4. The molecule has 1 aliphatic carbocycles. The summed E-state index contributed by atoms with van der Waals surface area (Å²) in [5.41, 5.74) is 2.25. The lowest BCUT2D eigenvalue weighted by atomic mass is 9.98. The molecule has 26 heavy (non-hydrogen) atoms. The van der Waals surface area contributed by atoms with Crippen molar-refractivity contribution < 1.29 is 0 Å². The number of rotatable bonds is 1. The molecule has 5 rings (SSSR count). The number of thiophene rings is 1. The van der Waals surface area contributed by atoms with E-state index in [1.807, 2.05) is 24.3 Å². The normalized spacial score (nSPS) is 14.9. The summed E-state index contributed by atoms with van der Waals surface area (Å²) in [7, 11) is 0. The second-order valence-corrected chi connectivity index (χ2v) is 8.12. The Labute approximate surface area is 155 Å². The van der Waals surface area contributed by atoms with Gasteiger partial charge in [-0.2, -0.15) is 0 Å². The van der Waals surface area contributed by atoms with Crippen molar-refractivity contribution in [2.45, 2.75) is 38.5 Å². The number of hydrogen-bond acceptors (Lipinski definition) is 3. The Morgan fingerprint density at radius 1 is 0.923 bits per heavy atom. The lowest BCUT2D eigenvalue weighted by Crippen LogP contribution is -2.10. The van der Waals surface area contributed by atoms with Gasteiger partial charge in [0.05, 0.1) is 5.39 Å². The molecule has 0 saturated carbocycles. The van der Waals surface area contributed by atoms with Gasteiger partial charge in [-0.1, -0.05) is 55.3 Å². The lowest BCUT2D eigenvalue weighted by Gasteiger charge is -2.09. The number of aryl methyl sites for hydroxylation is 2. The smallest absolute Gasteiger partial charge is 0.260 e. The summed E-state index contributed by atoms with van der Waals surface area (Å²) in [5.74, 6) is 0.675. The van der Waals surface area contributed by atoms with Crippen molar-refractivity contribution in [3.8, 4) is 11.4 Å². The molecule has 2 aromatic heterocycles. The fourth-order valence-corrected chi connectivity index (χ4v) is 5.34. The molecule has 0 amide bonds. The number of aromatic amines is 1. The van der Waals surface area contributed by atoms with E-state index in [0.29, 0.717) is 5.82 Å². The minimum absolute atomic E-state index is 0.0102. The lowest BCUT2D eigenvalue weighted by molar-refractivity contribution is 0.623. The van der Waals surface area contributed by atoms with Crippen LogP contribution >= 0.6 is 11.3 Å². The molecule has 0 fully saturated rings. The molecule has 0 unspecified atom stereocenters. The Kier molecular flexibility index (Phi) is 3.86. The van der Waals surface area contributed by atoms with Gasteiger partial charge < -0.3 is 4.98 Å². The molecular formula is C22H20N2OS. The maximum atomic E-state index is 13.0. The van der Waals surface area contributed by atoms with Crippen LogP contribution in [0.3, 0.4) is 0 Å². The molecule has 0 bridgehead atoms. The van der Waals surface area contributed by atoms with Gasteiger partial charge in [0.2, 0.25) is 0 Å². The quantitative estimate of drug-likeness (QED) is 0.490. The van der Waals surface area contributed by atoms with Crippen molar-refractivity contribution in [3.05, 3.63) is 63.3 Å². The molecule has 0 atom stereocenters. The Bertz CT molecular complexity index is 1170. The second-order valence-electron chi connectivity index (χ2n) is 7.04. The van der Waals surface area contributed by atoms with E-state index < -0.39 is 0 Å². The monoisotopic (exact) mass is 360 g/mol. The number of nitrogens with one attached hydrogen (secondary N) is 1. The number of benzene rings is 2. The molecule has 0 saturated heterocycles. The van der Waals surface area contributed by atoms with E-state index in [1.54, 1.807) is 11.3 Å². The summed E-state index contributed by atoms with van der Waals surface area (Å²) in [6.07, 6.45) is 7.03. The van der Waals surface area contributed by atoms with Gasteiger partial charge in [0.1, 0.15) is 10.7 Å². The van der Waals surface area contributed by atoms with Gasteiger partial charge in [-0.25, -0.2) is 4.98 Å². The van der Waals surface area contributed by atoms with Crippen LogP contribution in [0.2, 0.25) is 0 Å². The number of fused-ring (bicyclic) bond motifs is 4. The fourth-order valence-electron chi connectivity index (χ4n) is 4.08. The Balaban J connectivity index is 1.74. The van der Waals surface area contributed by atoms with Gasteiger partial charge in [-0.05, 0) is 42.0 Å². The predicted molar refractivity (Wildman–Crippen MR) is 109 cm³/mol. The molecule has 130 valence electrons. The molecule has 0 radical (unpaired) electrons. The largest absolute Gasteiger partial charge is 0.306 e. The van der Waals surface area contributed by atoms with Crippen molar-refractivity contribution in [1.82, 2.24) is 9.97 Å². The van der Waals surface area contributed by atoms with E-state index in [9.17, 15) is 4.79 Å². The Hall–Kier alpha value is -2.46. The molecule has 4 aromatic rings. The van der Waals surface area contributed by atoms with Crippen LogP contribution in [-0.4, -0.2) is 9.97 Å². The molecule has 2 aromatic carbocycles. The van der Waals surface area contributed by atoms with Gasteiger partial charge in [0.15, 0.2) is 0 Å². The number of nitrogens with zero attached hydrogens (tertiary/aromatic N) is 1. The highest BCUT2D eigenvalue weighted by molar-refractivity contribution is 7.18. The molecular weight excluding hydrogens is 340 g/mol. The van der Waals surface area contributed by atoms with E-state index in [1.165, 1.54) is 36.1 Å². The molecule has 1 aliphatic rings. The standard InChI is InChI=1S/C22H20N2OS/c25-21-19-17-11-3-1-2-4-13-18(17)26-22(19)24-20(23-21)16-12-7-9-14-8-5-6-10-15(14)16/h5-10,12H,1-4,11,13H2,(H,23,24,25). The van der Waals surface area contributed by atoms with E-state index in [0.717, 1.165) is 39.4 Å². The molecule has 0 aliphatic heterocycles. The zero-order valence-electron chi connectivity index (χ0n) is 14.5. The molecule has 0 spiro atoms. The van der Waals surface area contributed by atoms with Gasteiger partial charge in [-0.15, -0.1) is 11.3 Å². The Morgan fingerprint density at radius 3 is 2.65 bits per heavy atom. The van der Waals surface area contributed by atoms with Crippen molar-refractivity contribution in [2.75, 3.05) is 0 Å². The molecule has 1 N–H and O–H groups in total. The van der Waals surface area contributed by atoms with Crippen LogP contribution in [0.25, 0.3) is 32.4 Å². The van der Waals surface area contributed by atoms with E-state index in [2.05, 4.69) is 23.2 Å². The predicted octanol–water partition coefficient (Wildman–Crippen LogP) is 5.46. The third-order valence-electron chi connectivity index (χ3n) is 5.37. The SMILES string of the molecule is O=c1[nH]c(-c2cccc3ccccc23)nc2sc3c(c12)CCCCCC3. The van der Waals surface area contributed by atoms with Crippen LogP contribution in [0.4, 0.5) is 0 Å². The minimum atomic E-state index is 0.0102. The molecule has 2 heterocycles. The molecule has 4 heteroatoms. The van der Waals surface area contributed by atoms with Crippen LogP contribution in [0, 0.1) is 0 Å². The van der Waals surface area contributed by atoms with Gasteiger partial charge in [0.25, 0.3) is 5.56 Å². The number of hydrogen-bond donors (Lipinski definition) is 1. The van der Waals surface area contributed by atoms with Crippen molar-refractivity contribution in [3.63, 3.8) is 0 Å². The van der Waals surface area contributed by atoms with Crippen molar-refractivity contribution in [1.29, 1.82) is 0 Å². The number of H-pyrrole nitrogens is 1. The van der Waals surface area contributed by atoms with Crippen LogP contribution < -0.4 is 5.56 Å². The van der Waals surface area contributed by atoms with Crippen LogP contribution in [0.1, 0.15) is 36.1 Å².